The quantitative estimate of drug-likeness (QED) is 0.465. The number of carbonyl (C=O) groups excluding carboxylic acids is 2. The van der Waals surface area contributed by atoms with Crippen molar-refractivity contribution in [3.8, 4) is 0 Å². The Morgan fingerprint density at radius 1 is 1.16 bits per heavy atom. The molecule has 0 aliphatic heterocycles. The molecular weight excluding hydrogens is 385 g/mol. The molecule has 0 radical (unpaired) electrons. The van der Waals surface area contributed by atoms with E-state index in [1.807, 2.05) is 12.1 Å². The first-order valence-electron chi connectivity index (χ1n) is 7.38. The second-order valence-electron chi connectivity index (χ2n) is 5.34. The number of carbonyl (C=O) groups is 2. The second kappa shape index (κ2) is 7.59. The van der Waals surface area contributed by atoms with Crippen LogP contribution in [-0.2, 0) is 9.53 Å². The third-order valence-corrected chi connectivity index (χ3v) is 4.89. The van der Waals surface area contributed by atoms with E-state index in [9.17, 15) is 9.59 Å². The largest absolute Gasteiger partial charge is 0.465 e. The first kappa shape index (κ1) is 18.0. The van der Waals surface area contributed by atoms with Gasteiger partial charge in [-0.15, -0.1) is 0 Å². The molecule has 1 aromatic carbocycles. The normalized spacial score (nSPS) is 13.4. The summed E-state index contributed by atoms with van der Waals surface area (Å²) in [5, 5.41) is 3.04. The summed E-state index contributed by atoms with van der Waals surface area (Å²) in [6.45, 7) is 0. The fourth-order valence-electron chi connectivity index (χ4n) is 2.01. The van der Waals surface area contributed by atoms with E-state index in [0.717, 1.165) is 23.4 Å². The van der Waals surface area contributed by atoms with Gasteiger partial charge in [-0.25, -0.2) is 14.8 Å². The summed E-state index contributed by atoms with van der Waals surface area (Å²) in [6, 6.07) is 7.25. The molecular formula is C16H13Cl2N3O3S. The molecule has 1 heterocycles. The molecule has 1 saturated carbocycles. The molecule has 1 amide bonds. The van der Waals surface area contributed by atoms with Crippen molar-refractivity contribution in [3.63, 3.8) is 0 Å². The SMILES string of the molecule is COC(=O)c1c(Cl)nc(Sc2ccc(NC(=O)C3CC3)cc2)nc1Cl. The molecule has 0 spiro atoms. The molecule has 0 bridgehead atoms. The van der Waals surface area contributed by atoms with Gasteiger partial charge in [-0.3, -0.25) is 4.79 Å². The predicted octanol–water partition coefficient (Wildman–Crippen LogP) is 4.07. The highest BCUT2D eigenvalue weighted by Crippen LogP contribution is 2.32. The van der Waals surface area contributed by atoms with E-state index < -0.39 is 5.97 Å². The monoisotopic (exact) mass is 397 g/mol. The minimum Gasteiger partial charge on any atom is -0.465 e. The maximum absolute atomic E-state index is 11.7. The number of esters is 1. The third-order valence-electron chi connectivity index (χ3n) is 3.47. The Hall–Kier alpha value is -1.83. The van der Waals surface area contributed by atoms with E-state index in [2.05, 4.69) is 20.0 Å². The lowest BCUT2D eigenvalue weighted by Gasteiger charge is -2.07. The van der Waals surface area contributed by atoms with Crippen molar-refractivity contribution in [2.45, 2.75) is 22.9 Å². The van der Waals surface area contributed by atoms with Crippen LogP contribution in [0.15, 0.2) is 34.3 Å². The number of methoxy groups -OCH3 is 1. The number of rotatable bonds is 5. The van der Waals surface area contributed by atoms with Gasteiger partial charge in [0.15, 0.2) is 5.16 Å². The van der Waals surface area contributed by atoms with Gasteiger partial charge < -0.3 is 10.1 Å². The molecule has 9 heteroatoms. The Labute approximate surface area is 158 Å². The summed E-state index contributed by atoms with van der Waals surface area (Å²) in [5.41, 5.74) is 0.674. The highest BCUT2D eigenvalue weighted by molar-refractivity contribution is 7.99. The number of aromatic nitrogens is 2. The highest BCUT2D eigenvalue weighted by Gasteiger charge is 2.29. The molecule has 130 valence electrons. The van der Waals surface area contributed by atoms with Crippen molar-refractivity contribution < 1.29 is 14.3 Å². The first-order chi connectivity index (χ1) is 12.0. The molecule has 25 heavy (non-hydrogen) atoms. The van der Waals surface area contributed by atoms with Crippen LogP contribution >= 0.6 is 35.0 Å². The second-order valence-corrected chi connectivity index (χ2v) is 7.10. The lowest BCUT2D eigenvalue weighted by Crippen LogP contribution is -2.12. The topological polar surface area (TPSA) is 81.2 Å². The van der Waals surface area contributed by atoms with Crippen LogP contribution in [0.5, 0.6) is 0 Å². The minimum absolute atomic E-state index is 0.0562. The molecule has 1 N–H and O–H groups in total. The summed E-state index contributed by atoms with van der Waals surface area (Å²) < 4.78 is 4.59. The van der Waals surface area contributed by atoms with Crippen molar-refractivity contribution in [1.29, 1.82) is 0 Å². The number of hydrogen-bond donors (Lipinski definition) is 1. The van der Waals surface area contributed by atoms with Crippen molar-refractivity contribution >= 4 is 52.5 Å². The minimum atomic E-state index is -0.692. The van der Waals surface area contributed by atoms with E-state index in [1.54, 1.807) is 12.1 Å². The van der Waals surface area contributed by atoms with E-state index in [0.29, 0.717) is 5.16 Å². The van der Waals surface area contributed by atoms with Gasteiger partial charge in [-0.05, 0) is 48.9 Å². The average molecular weight is 398 g/mol. The average Bonchev–Trinajstić information content (AvgIpc) is 3.41. The van der Waals surface area contributed by atoms with Gasteiger partial charge in [0.25, 0.3) is 0 Å². The number of halogens is 2. The van der Waals surface area contributed by atoms with Crippen molar-refractivity contribution in [2.75, 3.05) is 12.4 Å². The predicted molar refractivity (Wildman–Crippen MR) is 95.3 cm³/mol. The molecule has 1 aliphatic carbocycles. The number of nitrogens with one attached hydrogen (secondary N) is 1. The molecule has 1 aliphatic rings. The Balaban J connectivity index is 1.71. The van der Waals surface area contributed by atoms with Gasteiger partial charge in [0.05, 0.1) is 7.11 Å². The van der Waals surface area contributed by atoms with Crippen LogP contribution in [-0.4, -0.2) is 29.0 Å². The maximum atomic E-state index is 11.7. The lowest BCUT2D eigenvalue weighted by atomic mass is 10.3. The zero-order chi connectivity index (χ0) is 18.0. The standard InChI is InChI=1S/C16H13Cl2N3O3S/c1-24-15(23)11-12(17)20-16(21-13(11)18)25-10-6-4-9(5-7-10)19-14(22)8-2-3-8/h4-8H,2-3H2,1H3,(H,19,22). The van der Waals surface area contributed by atoms with E-state index >= 15 is 0 Å². The smallest absolute Gasteiger partial charge is 0.344 e. The van der Waals surface area contributed by atoms with Gasteiger partial charge in [-0.1, -0.05) is 23.2 Å². The van der Waals surface area contributed by atoms with E-state index in [4.69, 9.17) is 23.2 Å². The molecule has 1 fully saturated rings. The third kappa shape index (κ3) is 4.42. The molecule has 3 rings (SSSR count). The Bertz CT molecular complexity index is 803. The molecule has 0 unspecified atom stereocenters. The van der Waals surface area contributed by atoms with E-state index in [1.165, 1.54) is 18.9 Å². The van der Waals surface area contributed by atoms with Crippen molar-refractivity contribution in [1.82, 2.24) is 9.97 Å². The number of nitrogens with zero attached hydrogens (tertiary/aromatic N) is 2. The summed E-state index contributed by atoms with van der Waals surface area (Å²) in [4.78, 5) is 32.3. The van der Waals surface area contributed by atoms with Gasteiger partial charge in [0.1, 0.15) is 15.9 Å². The fourth-order valence-corrected chi connectivity index (χ4v) is 3.41. The molecule has 0 saturated heterocycles. The number of benzene rings is 1. The van der Waals surface area contributed by atoms with Crippen LogP contribution in [0.1, 0.15) is 23.2 Å². The van der Waals surface area contributed by atoms with Gasteiger partial charge in [0, 0.05) is 16.5 Å². The number of ether oxygens (including phenoxy) is 1. The van der Waals surface area contributed by atoms with Crippen LogP contribution in [0.4, 0.5) is 5.69 Å². The van der Waals surface area contributed by atoms with Gasteiger partial charge in [0.2, 0.25) is 5.91 Å². The zero-order valence-electron chi connectivity index (χ0n) is 13.1. The number of anilines is 1. The van der Waals surface area contributed by atoms with Crippen LogP contribution < -0.4 is 5.32 Å². The summed E-state index contributed by atoms with van der Waals surface area (Å²) in [7, 11) is 1.22. The molecule has 6 nitrogen and oxygen atoms in total. The summed E-state index contributed by atoms with van der Waals surface area (Å²) in [6.07, 6.45) is 1.92. The van der Waals surface area contributed by atoms with Gasteiger partial charge in [-0.2, -0.15) is 0 Å². The Morgan fingerprint density at radius 2 is 1.76 bits per heavy atom. The van der Waals surface area contributed by atoms with Crippen LogP contribution in [0.2, 0.25) is 10.3 Å². The highest BCUT2D eigenvalue weighted by atomic mass is 35.5. The zero-order valence-corrected chi connectivity index (χ0v) is 15.4. The summed E-state index contributed by atoms with van der Waals surface area (Å²) in [5.74, 6) is -0.483. The van der Waals surface area contributed by atoms with Crippen LogP contribution in [0, 0.1) is 5.92 Å². The summed E-state index contributed by atoms with van der Waals surface area (Å²) >= 11 is 13.2. The molecule has 0 atom stereocenters. The van der Waals surface area contributed by atoms with Gasteiger partial charge >= 0.3 is 5.97 Å². The number of amides is 1. The number of hydrogen-bond acceptors (Lipinski definition) is 6. The first-order valence-corrected chi connectivity index (χ1v) is 8.95. The molecule has 2 aromatic rings. The lowest BCUT2D eigenvalue weighted by molar-refractivity contribution is -0.117. The van der Waals surface area contributed by atoms with Crippen molar-refractivity contribution in [2.24, 2.45) is 5.92 Å². The fraction of sp³-hybridized carbons (Fsp3) is 0.250. The van der Waals surface area contributed by atoms with Crippen LogP contribution in [0.25, 0.3) is 0 Å². The van der Waals surface area contributed by atoms with Crippen LogP contribution in [0.3, 0.4) is 0 Å². The molecule has 1 aromatic heterocycles. The maximum Gasteiger partial charge on any atom is 0.344 e. The van der Waals surface area contributed by atoms with E-state index in [-0.39, 0.29) is 27.7 Å². The Kier molecular flexibility index (Phi) is 5.46. The van der Waals surface area contributed by atoms with Crippen molar-refractivity contribution in [3.05, 3.63) is 40.1 Å². The Morgan fingerprint density at radius 3 is 2.28 bits per heavy atom.